The predicted molar refractivity (Wildman–Crippen MR) is 109 cm³/mol. The first-order valence-corrected chi connectivity index (χ1v) is 9.12. The predicted octanol–water partition coefficient (Wildman–Crippen LogP) is 2.88. The van der Waals surface area contributed by atoms with E-state index in [1.807, 2.05) is 0 Å². The molecule has 0 aliphatic heterocycles. The van der Waals surface area contributed by atoms with Gasteiger partial charge < -0.3 is 25.4 Å². The molecular weight excluding hydrogens is 374 g/mol. The fraction of sp³-hybridized carbons (Fsp3) is 0.286. The van der Waals surface area contributed by atoms with E-state index in [0.29, 0.717) is 35.0 Å². The fourth-order valence-corrected chi connectivity index (χ4v) is 3.02. The molecule has 0 spiro atoms. The molecule has 1 aliphatic rings. The van der Waals surface area contributed by atoms with Gasteiger partial charge in [-0.1, -0.05) is 6.07 Å². The van der Waals surface area contributed by atoms with E-state index in [2.05, 4.69) is 16.0 Å². The molecule has 2 unspecified atom stereocenters. The molecule has 8 nitrogen and oxygen atoms in total. The minimum atomic E-state index is -0.413. The van der Waals surface area contributed by atoms with Gasteiger partial charge in [-0.3, -0.25) is 14.4 Å². The zero-order chi connectivity index (χ0) is 21.0. The Balaban J connectivity index is 1.60. The molecule has 3 amide bonds. The van der Waals surface area contributed by atoms with E-state index in [0.717, 1.165) is 0 Å². The van der Waals surface area contributed by atoms with Crippen LogP contribution in [-0.2, 0) is 14.4 Å². The van der Waals surface area contributed by atoms with Gasteiger partial charge in [0.15, 0.2) is 0 Å². The molecule has 1 aliphatic carbocycles. The van der Waals surface area contributed by atoms with Crippen molar-refractivity contribution in [3.05, 3.63) is 42.5 Å². The summed E-state index contributed by atoms with van der Waals surface area (Å²) in [6.45, 7) is 1.41. The van der Waals surface area contributed by atoms with E-state index in [9.17, 15) is 14.4 Å². The molecular formula is C21H23N3O5. The molecule has 0 saturated heterocycles. The maximum absolute atomic E-state index is 12.6. The summed E-state index contributed by atoms with van der Waals surface area (Å²) in [5.74, 6) is -0.395. The van der Waals surface area contributed by atoms with Crippen LogP contribution in [0, 0.1) is 11.8 Å². The zero-order valence-electron chi connectivity index (χ0n) is 16.4. The molecule has 2 atom stereocenters. The number of rotatable bonds is 7. The Morgan fingerprint density at radius 2 is 1.52 bits per heavy atom. The van der Waals surface area contributed by atoms with Crippen LogP contribution in [0.5, 0.6) is 11.5 Å². The first-order valence-electron chi connectivity index (χ1n) is 9.12. The highest BCUT2D eigenvalue weighted by atomic mass is 16.5. The normalized spacial score (nSPS) is 17.1. The maximum atomic E-state index is 12.6. The number of hydrogen-bond donors (Lipinski definition) is 3. The number of methoxy groups -OCH3 is 2. The monoisotopic (exact) mass is 397 g/mol. The van der Waals surface area contributed by atoms with Crippen molar-refractivity contribution in [2.24, 2.45) is 11.8 Å². The van der Waals surface area contributed by atoms with Crippen LogP contribution in [0.15, 0.2) is 42.5 Å². The number of anilines is 3. The van der Waals surface area contributed by atoms with Gasteiger partial charge in [-0.05, 0) is 36.8 Å². The summed E-state index contributed by atoms with van der Waals surface area (Å²) in [5, 5.41) is 8.26. The van der Waals surface area contributed by atoms with E-state index in [-0.39, 0.29) is 17.7 Å². The summed E-state index contributed by atoms with van der Waals surface area (Å²) in [6.07, 6.45) is 0.468. The van der Waals surface area contributed by atoms with Crippen LogP contribution < -0.4 is 25.4 Å². The van der Waals surface area contributed by atoms with Crippen molar-refractivity contribution in [3.63, 3.8) is 0 Å². The average Bonchev–Trinajstić information content (AvgIpc) is 3.49. The minimum absolute atomic E-state index is 0.194. The molecule has 2 aromatic rings. The van der Waals surface area contributed by atoms with Crippen LogP contribution in [0.2, 0.25) is 0 Å². The number of nitrogens with one attached hydrogen (secondary N) is 3. The topological polar surface area (TPSA) is 106 Å². The van der Waals surface area contributed by atoms with Crippen LogP contribution in [-0.4, -0.2) is 31.9 Å². The Kier molecular flexibility index (Phi) is 6.01. The van der Waals surface area contributed by atoms with Crippen LogP contribution in [0.1, 0.15) is 13.3 Å². The van der Waals surface area contributed by atoms with E-state index in [4.69, 9.17) is 9.47 Å². The number of carbonyl (C=O) groups excluding carboxylic acids is 3. The van der Waals surface area contributed by atoms with Crippen molar-refractivity contribution in [2.75, 3.05) is 30.2 Å². The van der Waals surface area contributed by atoms with Gasteiger partial charge in [0, 0.05) is 24.4 Å². The quantitative estimate of drug-likeness (QED) is 0.666. The molecule has 152 valence electrons. The molecule has 1 saturated carbocycles. The number of ether oxygens (including phenoxy) is 2. The lowest BCUT2D eigenvalue weighted by molar-refractivity contribution is -0.122. The number of hydrogen-bond acceptors (Lipinski definition) is 5. The van der Waals surface area contributed by atoms with Gasteiger partial charge in [0.2, 0.25) is 17.7 Å². The lowest BCUT2D eigenvalue weighted by Gasteiger charge is -2.12. The highest BCUT2D eigenvalue weighted by Crippen LogP contribution is 2.41. The Labute approximate surface area is 168 Å². The van der Waals surface area contributed by atoms with Crippen LogP contribution in [0.4, 0.5) is 17.1 Å². The van der Waals surface area contributed by atoms with E-state index in [1.165, 1.54) is 21.1 Å². The summed E-state index contributed by atoms with van der Waals surface area (Å²) in [7, 11) is 3.05. The molecule has 1 fully saturated rings. The van der Waals surface area contributed by atoms with Gasteiger partial charge >= 0.3 is 0 Å². The zero-order valence-corrected chi connectivity index (χ0v) is 16.4. The molecule has 3 N–H and O–H groups in total. The third-order valence-corrected chi connectivity index (χ3v) is 4.58. The van der Waals surface area contributed by atoms with Crippen molar-refractivity contribution < 1.29 is 23.9 Å². The summed E-state index contributed by atoms with van der Waals surface area (Å²) in [4.78, 5) is 36.2. The van der Waals surface area contributed by atoms with E-state index in [1.54, 1.807) is 42.5 Å². The van der Waals surface area contributed by atoms with Gasteiger partial charge in [0.25, 0.3) is 0 Å². The van der Waals surface area contributed by atoms with E-state index >= 15 is 0 Å². The number of carbonyl (C=O) groups is 3. The molecule has 0 bridgehead atoms. The Bertz CT molecular complexity index is 944. The summed E-state index contributed by atoms with van der Waals surface area (Å²) >= 11 is 0. The third-order valence-electron chi connectivity index (χ3n) is 4.58. The van der Waals surface area contributed by atoms with Crippen molar-refractivity contribution in [1.82, 2.24) is 0 Å². The molecule has 29 heavy (non-hydrogen) atoms. The molecule has 0 heterocycles. The summed E-state index contributed by atoms with van der Waals surface area (Å²) in [5.41, 5.74) is 1.64. The smallest absolute Gasteiger partial charge is 0.228 e. The van der Waals surface area contributed by atoms with Crippen molar-refractivity contribution in [1.29, 1.82) is 0 Å². The number of benzene rings is 2. The van der Waals surface area contributed by atoms with Gasteiger partial charge in [0.1, 0.15) is 11.5 Å². The van der Waals surface area contributed by atoms with Crippen molar-refractivity contribution >= 4 is 34.8 Å². The molecule has 2 aromatic carbocycles. The van der Waals surface area contributed by atoms with Gasteiger partial charge in [0.05, 0.1) is 31.7 Å². The summed E-state index contributed by atoms with van der Waals surface area (Å²) < 4.78 is 10.4. The highest BCUT2D eigenvalue weighted by molar-refractivity contribution is 6.04. The Morgan fingerprint density at radius 3 is 2.14 bits per heavy atom. The second-order valence-corrected chi connectivity index (χ2v) is 6.76. The first kappa shape index (κ1) is 20.2. The second-order valence-electron chi connectivity index (χ2n) is 6.76. The molecule has 3 rings (SSSR count). The average molecular weight is 397 g/mol. The largest absolute Gasteiger partial charge is 0.497 e. The SMILES string of the molecule is COc1ccc(OC)c(NC(=O)C2CC2C(=O)Nc2cccc(NC(C)=O)c2)c1. The van der Waals surface area contributed by atoms with Crippen LogP contribution in [0.25, 0.3) is 0 Å². The molecule has 8 heteroatoms. The standard InChI is InChI=1S/C21H23N3O5/c1-12(25)22-13-5-4-6-14(9-13)23-20(26)16-11-17(16)21(27)24-18-10-15(28-2)7-8-19(18)29-3/h4-10,16-17H,11H2,1-3H3,(H,22,25)(H,23,26)(H,24,27). The third kappa shape index (κ3) is 5.04. The van der Waals surface area contributed by atoms with Gasteiger partial charge in [-0.15, -0.1) is 0 Å². The van der Waals surface area contributed by atoms with Crippen molar-refractivity contribution in [3.8, 4) is 11.5 Å². The second kappa shape index (κ2) is 8.64. The molecule has 0 aromatic heterocycles. The van der Waals surface area contributed by atoms with Gasteiger partial charge in [-0.25, -0.2) is 0 Å². The Hall–Kier alpha value is -3.55. The highest BCUT2D eigenvalue weighted by Gasteiger charge is 2.48. The lowest BCUT2D eigenvalue weighted by atomic mass is 10.2. The van der Waals surface area contributed by atoms with Crippen LogP contribution in [0.3, 0.4) is 0 Å². The van der Waals surface area contributed by atoms with Gasteiger partial charge in [-0.2, -0.15) is 0 Å². The van der Waals surface area contributed by atoms with Crippen molar-refractivity contribution in [2.45, 2.75) is 13.3 Å². The summed E-state index contributed by atoms with van der Waals surface area (Å²) in [6, 6.07) is 11.9. The maximum Gasteiger partial charge on any atom is 0.228 e. The van der Waals surface area contributed by atoms with Crippen LogP contribution >= 0.6 is 0 Å². The fourth-order valence-electron chi connectivity index (χ4n) is 3.02. The Morgan fingerprint density at radius 1 is 0.862 bits per heavy atom. The lowest BCUT2D eigenvalue weighted by Crippen LogP contribution is -2.21. The minimum Gasteiger partial charge on any atom is -0.497 e. The van der Waals surface area contributed by atoms with E-state index < -0.39 is 11.8 Å². The first-order chi connectivity index (χ1) is 13.9. The molecule has 0 radical (unpaired) electrons. The number of amides is 3.